The molecule has 1 aromatic carbocycles. The van der Waals surface area contributed by atoms with E-state index in [4.69, 9.17) is 0 Å². The number of rotatable bonds is 3. The second-order valence-corrected chi connectivity index (χ2v) is 5.84. The molecule has 1 aromatic rings. The third-order valence-corrected chi connectivity index (χ3v) is 4.16. The SMILES string of the molecule is O=C(CN1CCS(=O)CC1)c1c(F)cccc1F. The van der Waals surface area contributed by atoms with Gasteiger partial charge in [-0.05, 0) is 12.1 Å². The van der Waals surface area contributed by atoms with Crippen molar-refractivity contribution in [3.8, 4) is 0 Å². The maximum Gasteiger partial charge on any atom is 0.182 e. The van der Waals surface area contributed by atoms with E-state index in [0.29, 0.717) is 24.6 Å². The number of carbonyl (C=O) groups is 1. The molecule has 0 atom stereocenters. The molecule has 0 saturated carbocycles. The molecule has 1 aliphatic rings. The van der Waals surface area contributed by atoms with Crippen LogP contribution in [-0.2, 0) is 10.8 Å². The highest BCUT2D eigenvalue weighted by Crippen LogP contribution is 2.13. The van der Waals surface area contributed by atoms with Crippen LogP contribution in [0.15, 0.2) is 18.2 Å². The van der Waals surface area contributed by atoms with Crippen molar-refractivity contribution in [3.05, 3.63) is 35.4 Å². The summed E-state index contributed by atoms with van der Waals surface area (Å²) < 4.78 is 37.9. The van der Waals surface area contributed by atoms with Gasteiger partial charge in [0.25, 0.3) is 0 Å². The first-order chi connectivity index (χ1) is 8.58. The highest BCUT2D eigenvalue weighted by Gasteiger charge is 2.22. The molecule has 98 valence electrons. The Bertz CT molecular complexity index is 463. The van der Waals surface area contributed by atoms with Crippen molar-refractivity contribution in [1.29, 1.82) is 0 Å². The van der Waals surface area contributed by atoms with Crippen molar-refractivity contribution in [1.82, 2.24) is 4.90 Å². The fraction of sp³-hybridized carbons (Fsp3) is 0.417. The van der Waals surface area contributed by atoms with Crippen LogP contribution in [0.25, 0.3) is 0 Å². The van der Waals surface area contributed by atoms with Crippen LogP contribution < -0.4 is 0 Å². The molecule has 6 heteroatoms. The third kappa shape index (κ3) is 3.00. The monoisotopic (exact) mass is 273 g/mol. The summed E-state index contributed by atoms with van der Waals surface area (Å²) in [4.78, 5) is 13.6. The van der Waals surface area contributed by atoms with Gasteiger partial charge in [-0.2, -0.15) is 0 Å². The van der Waals surface area contributed by atoms with Crippen LogP contribution in [0.5, 0.6) is 0 Å². The lowest BCUT2D eigenvalue weighted by Gasteiger charge is -2.25. The summed E-state index contributed by atoms with van der Waals surface area (Å²) >= 11 is 0. The van der Waals surface area contributed by atoms with Gasteiger partial charge in [0.15, 0.2) is 5.78 Å². The number of hydrogen-bond donors (Lipinski definition) is 0. The van der Waals surface area contributed by atoms with Gasteiger partial charge in [0.05, 0.1) is 12.1 Å². The van der Waals surface area contributed by atoms with Crippen LogP contribution in [-0.4, -0.2) is 46.0 Å². The number of nitrogens with zero attached hydrogens (tertiary/aromatic N) is 1. The summed E-state index contributed by atoms with van der Waals surface area (Å²) in [6.07, 6.45) is 0. The predicted octanol–water partition coefficient (Wildman–Crippen LogP) is 1.21. The smallest absolute Gasteiger partial charge is 0.182 e. The summed E-state index contributed by atoms with van der Waals surface area (Å²) in [5.74, 6) is -1.22. The first kappa shape index (κ1) is 13.3. The Hall–Kier alpha value is -1.14. The largest absolute Gasteiger partial charge is 0.294 e. The zero-order chi connectivity index (χ0) is 13.1. The highest BCUT2D eigenvalue weighted by molar-refractivity contribution is 7.85. The van der Waals surface area contributed by atoms with Crippen molar-refractivity contribution >= 4 is 16.6 Å². The quantitative estimate of drug-likeness (QED) is 0.777. The second kappa shape index (κ2) is 5.67. The molecule has 1 fully saturated rings. The standard InChI is InChI=1S/C12H13F2NO2S/c13-9-2-1-3-10(14)12(9)11(16)8-15-4-6-18(17)7-5-15/h1-3H,4-8H2. The molecule has 0 unspecified atom stereocenters. The molecule has 0 aliphatic carbocycles. The van der Waals surface area contributed by atoms with Crippen LogP contribution in [0.3, 0.4) is 0 Å². The van der Waals surface area contributed by atoms with Crippen LogP contribution in [0.2, 0.25) is 0 Å². The van der Waals surface area contributed by atoms with Crippen molar-refractivity contribution in [2.24, 2.45) is 0 Å². The fourth-order valence-electron chi connectivity index (χ4n) is 1.88. The van der Waals surface area contributed by atoms with E-state index in [2.05, 4.69) is 0 Å². The van der Waals surface area contributed by atoms with Gasteiger partial charge >= 0.3 is 0 Å². The van der Waals surface area contributed by atoms with Gasteiger partial charge in [-0.3, -0.25) is 13.9 Å². The van der Waals surface area contributed by atoms with E-state index in [1.807, 2.05) is 0 Å². The fourth-order valence-corrected chi connectivity index (χ4v) is 3.01. The molecule has 1 heterocycles. The lowest BCUT2D eigenvalue weighted by Crippen LogP contribution is -2.41. The Morgan fingerprint density at radius 1 is 1.22 bits per heavy atom. The van der Waals surface area contributed by atoms with E-state index in [1.54, 1.807) is 4.90 Å². The number of halogens is 2. The molecule has 0 spiro atoms. The Morgan fingerprint density at radius 3 is 2.33 bits per heavy atom. The summed E-state index contributed by atoms with van der Waals surface area (Å²) in [6.45, 7) is 1.01. The Kier molecular flexibility index (Phi) is 4.19. The molecule has 0 amide bonds. The minimum absolute atomic E-state index is 0.0327. The van der Waals surface area contributed by atoms with Crippen molar-refractivity contribution in [3.63, 3.8) is 0 Å². The van der Waals surface area contributed by atoms with Crippen molar-refractivity contribution in [2.45, 2.75) is 0 Å². The zero-order valence-corrected chi connectivity index (χ0v) is 10.5. The van der Waals surface area contributed by atoms with Crippen molar-refractivity contribution < 1.29 is 17.8 Å². The van der Waals surface area contributed by atoms with Gasteiger partial charge < -0.3 is 0 Å². The maximum atomic E-state index is 13.4. The van der Waals surface area contributed by atoms with Gasteiger partial charge in [0.1, 0.15) is 11.6 Å². The van der Waals surface area contributed by atoms with E-state index in [0.717, 1.165) is 12.1 Å². The van der Waals surface area contributed by atoms with Gasteiger partial charge in [0, 0.05) is 35.4 Å². The predicted molar refractivity (Wildman–Crippen MR) is 65.0 cm³/mol. The topological polar surface area (TPSA) is 37.4 Å². The first-order valence-corrected chi connectivity index (χ1v) is 7.11. The van der Waals surface area contributed by atoms with E-state index < -0.39 is 33.8 Å². The molecule has 0 radical (unpaired) electrons. The molecule has 2 rings (SSSR count). The lowest BCUT2D eigenvalue weighted by molar-refractivity contribution is 0.0928. The van der Waals surface area contributed by atoms with Gasteiger partial charge in [0.2, 0.25) is 0 Å². The minimum Gasteiger partial charge on any atom is -0.294 e. The van der Waals surface area contributed by atoms with Gasteiger partial charge in [-0.1, -0.05) is 6.07 Å². The van der Waals surface area contributed by atoms with Crippen molar-refractivity contribution in [2.75, 3.05) is 31.1 Å². The molecule has 3 nitrogen and oxygen atoms in total. The molecule has 0 aromatic heterocycles. The summed E-state index contributed by atoms with van der Waals surface area (Å²) in [5.41, 5.74) is -0.482. The highest BCUT2D eigenvalue weighted by atomic mass is 32.2. The molecule has 18 heavy (non-hydrogen) atoms. The van der Waals surface area contributed by atoms with Crippen LogP contribution in [0, 0.1) is 11.6 Å². The van der Waals surface area contributed by atoms with E-state index in [-0.39, 0.29) is 6.54 Å². The molecule has 1 saturated heterocycles. The Balaban J connectivity index is 2.06. The van der Waals surface area contributed by atoms with Crippen LogP contribution in [0.1, 0.15) is 10.4 Å². The normalized spacial score (nSPS) is 17.9. The molecule has 0 N–H and O–H groups in total. The zero-order valence-electron chi connectivity index (χ0n) is 9.70. The number of hydrogen-bond acceptors (Lipinski definition) is 3. The first-order valence-electron chi connectivity index (χ1n) is 5.62. The molecule has 0 bridgehead atoms. The summed E-state index contributed by atoms with van der Waals surface area (Å²) in [5, 5.41) is 0. The van der Waals surface area contributed by atoms with Crippen LogP contribution in [0.4, 0.5) is 8.78 Å². The summed E-state index contributed by atoms with van der Waals surface area (Å²) in [6, 6.07) is 3.37. The molecular formula is C12H13F2NO2S. The molecule has 1 aliphatic heterocycles. The lowest BCUT2D eigenvalue weighted by atomic mass is 10.1. The molecular weight excluding hydrogens is 260 g/mol. The average molecular weight is 273 g/mol. The second-order valence-electron chi connectivity index (χ2n) is 4.14. The van der Waals surface area contributed by atoms with E-state index >= 15 is 0 Å². The van der Waals surface area contributed by atoms with Crippen LogP contribution >= 0.6 is 0 Å². The third-order valence-electron chi connectivity index (χ3n) is 2.88. The maximum absolute atomic E-state index is 13.4. The van der Waals surface area contributed by atoms with E-state index in [9.17, 15) is 17.8 Å². The summed E-state index contributed by atoms with van der Waals surface area (Å²) in [7, 11) is -0.830. The van der Waals surface area contributed by atoms with Gasteiger partial charge in [-0.15, -0.1) is 0 Å². The van der Waals surface area contributed by atoms with Gasteiger partial charge in [-0.25, -0.2) is 8.78 Å². The Morgan fingerprint density at radius 2 is 1.78 bits per heavy atom. The number of ketones is 1. The Labute approximate surface area is 106 Å². The number of Topliss-reactive ketones (excluding diaryl/α,β-unsaturated/α-hetero) is 1. The number of carbonyl (C=O) groups excluding carboxylic acids is 1. The van der Waals surface area contributed by atoms with E-state index in [1.165, 1.54) is 6.07 Å². The minimum atomic E-state index is -0.833. The number of benzene rings is 1. The average Bonchev–Trinajstić information content (AvgIpc) is 2.32.